The summed E-state index contributed by atoms with van der Waals surface area (Å²) >= 11 is 0. The zero-order valence-electron chi connectivity index (χ0n) is 17.6. The Kier molecular flexibility index (Phi) is 5.71. The number of urea groups is 1. The molecule has 2 heterocycles. The minimum Gasteiger partial charge on any atom is -0.462 e. The summed E-state index contributed by atoms with van der Waals surface area (Å²) in [6.07, 6.45) is 2.89. The lowest BCUT2D eigenvalue weighted by Gasteiger charge is -2.10. The second-order valence-corrected chi connectivity index (χ2v) is 7.10. The Labute approximate surface area is 184 Å². The zero-order chi connectivity index (χ0) is 22.7. The molecule has 4 rings (SSSR count). The predicted molar refractivity (Wildman–Crippen MR) is 123 cm³/mol. The number of rotatable bonds is 5. The molecule has 162 valence electrons. The van der Waals surface area contributed by atoms with Crippen LogP contribution in [0.2, 0.25) is 0 Å². The van der Waals surface area contributed by atoms with Gasteiger partial charge in [0.1, 0.15) is 11.8 Å². The van der Waals surface area contributed by atoms with Crippen molar-refractivity contribution in [3.05, 3.63) is 72.2 Å². The van der Waals surface area contributed by atoms with Crippen molar-refractivity contribution in [2.75, 3.05) is 23.0 Å². The number of fused-ring (bicyclic) bond motifs is 1. The monoisotopic (exact) mass is 430 g/mol. The fourth-order valence-corrected chi connectivity index (χ4v) is 3.43. The average molecular weight is 430 g/mol. The number of nitrogens with two attached hydrogens (primary N) is 1. The van der Waals surface area contributed by atoms with Crippen LogP contribution in [0.15, 0.2) is 61.1 Å². The van der Waals surface area contributed by atoms with Crippen LogP contribution in [0, 0.1) is 6.92 Å². The Morgan fingerprint density at radius 3 is 2.56 bits per heavy atom. The zero-order valence-corrected chi connectivity index (χ0v) is 17.6. The number of carbonyl (C=O) groups excluding carboxylic acids is 2. The van der Waals surface area contributed by atoms with Gasteiger partial charge in [0.05, 0.1) is 12.2 Å². The Hall–Kier alpha value is -4.40. The average Bonchev–Trinajstić information content (AvgIpc) is 3.15. The molecule has 4 aromatic rings. The number of hydrogen-bond acceptors (Lipinski definition) is 6. The largest absolute Gasteiger partial charge is 0.462 e. The summed E-state index contributed by atoms with van der Waals surface area (Å²) in [5, 5.41) is 9.73. The molecule has 0 unspecified atom stereocenters. The summed E-state index contributed by atoms with van der Waals surface area (Å²) in [5.41, 5.74) is 10.5. The summed E-state index contributed by atoms with van der Waals surface area (Å²) < 4.78 is 6.70. The summed E-state index contributed by atoms with van der Waals surface area (Å²) in [7, 11) is 0. The van der Waals surface area contributed by atoms with Gasteiger partial charge in [0, 0.05) is 23.1 Å². The van der Waals surface area contributed by atoms with Gasteiger partial charge in [-0.15, -0.1) is 0 Å². The van der Waals surface area contributed by atoms with Gasteiger partial charge in [0.25, 0.3) is 0 Å². The molecule has 4 N–H and O–H groups in total. The molecule has 0 aliphatic heterocycles. The van der Waals surface area contributed by atoms with Crippen LogP contribution in [0.4, 0.5) is 22.0 Å². The molecule has 0 saturated heterocycles. The molecule has 0 bridgehead atoms. The van der Waals surface area contributed by atoms with Gasteiger partial charge < -0.3 is 21.1 Å². The minimum atomic E-state index is -0.480. The van der Waals surface area contributed by atoms with Crippen LogP contribution in [0.5, 0.6) is 0 Å². The van der Waals surface area contributed by atoms with Gasteiger partial charge in [0.2, 0.25) is 0 Å². The number of hydrogen-bond donors (Lipinski definition) is 3. The first kappa shape index (κ1) is 20.9. The van der Waals surface area contributed by atoms with Crippen molar-refractivity contribution in [3.8, 4) is 11.1 Å². The van der Waals surface area contributed by atoms with E-state index in [1.807, 2.05) is 31.2 Å². The minimum absolute atomic E-state index is 0.241. The van der Waals surface area contributed by atoms with E-state index in [2.05, 4.69) is 20.7 Å². The SMILES string of the molecule is CCOC(=O)c1cn2ncnc(N)c2c1-c1ccc(NC(=O)Nc2cccc(C)c2)cc1. The van der Waals surface area contributed by atoms with Gasteiger partial charge in [-0.2, -0.15) is 5.10 Å². The van der Waals surface area contributed by atoms with Crippen molar-refractivity contribution in [1.29, 1.82) is 0 Å². The van der Waals surface area contributed by atoms with E-state index in [9.17, 15) is 9.59 Å². The quantitative estimate of drug-likeness (QED) is 0.410. The second-order valence-electron chi connectivity index (χ2n) is 7.10. The molecule has 0 atom stereocenters. The number of nitrogens with zero attached hydrogens (tertiary/aromatic N) is 3. The number of nitrogen functional groups attached to an aromatic ring is 1. The van der Waals surface area contributed by atoms with Crippen molar-refractivity contribution in [2.45, 2.75) is 13.8 Å². The van der Waals surface area contributed by atoms with Crippen LogP contribution in [-0.2, 0) is 4.74 Å². The van der Waals surface area contributed by atoms with E-state index in [-0.39, 0.29) is 18.5 Å². The summed E-state index contributed by atoms with van der Waals surface area (Å²) in [6, 6.07) is 14.2. The molecule has 32 heavy (non-hydrogen) atoms. The van der Waals surface area contributed by atoms with Gasteiger partial charge in [-0.3, -0.25) is 0 Å². The standard InChI is InChI=1S/C23H22N6O3/c1-3-32-22(30)18-12-29-20(21(24)25-13-26-29)19(18)15-7-9-16(10-8-15)27-23(31)28-17-6-4-5-14(2)11-17/h4-13H,3H2,1-2H3,(H2,24,25,26)(H2,27,28,31). The first-order chi connectivity index (χ1) is 15.5. The highest BCUT2D eigenvalue weighted by Crippen LogP contribution is 2.33. The molecular weight excluding hydrogens is 408 g/mol. The summed E-state index contributed by atoms with van der Waals surface area (Å²) in [5.74, 6) is -0.239. The molecular formula is C23H22N6O3. The molecule has 2 aromatic heterocycles. The van der Waals surface area contributed by atoms with Crippen molar-refractivity contribution >= 4 is 34.7 Å². The highest BCUT2D eigenvalue weighted by atomic mass is 16.5. The van der Waals surface area contributed by atoms with E-state index >= 15 is 0 Å². The number of anilines is 3. The van der Waals surface area contributed by atoms with Crippen molar-refractivity contribution in [2.24, 2.45) is 0 Å². The van der Waals surface area contributed by atoms with E-state index in [0.29, 0.717) is 33.6 Å². The van der Waals surface area contributed by atoms with Crippen molar-refractivity contribution in [1.82, 2.24) is 14.6 Å². The fraction of sp³-hybridized carbons (Fsp3) is 0.130. The topological polar surface area (TPSA) is 124 Å². The smallest absolute Gasteiger partial charge is 0.340 e. The molecule has 9 heteroatoms. The van der Waals surface area contributed by atoms with Gasteiger partial charge >= 0.3 is 12.0 Å². The Morgan fingerprint density at radius 2 is 1.84 bits per heavy atom. The molecule has 9 nitrogen and oxygen atoms in total. The third kappa shape index (κ3) is 4.22. The normalized spacial score (nSPS) is 10.7. The predicted octanol–water partition coefficient (Wildman–Crippen LogP) is 4.11. The number of aromatic nitrogens is 3. The maximum atomic E-state index is 12.5. The van der Waals surface area contributed by atoms with Gasteiger partial charge in [-0.05, 0) is 49.2 Å². The molecule has 0 spiro atoms. The van der Waals surface area contributed by atoms with Gasteiger partial charge in [0.15, 0.2) is 5.82 Å². The van der Waals surface area contributed by atoms with E-state index in [1.165, 1.54) is 10.8 Å². The first-order valence-corrected chi connectivity index (χ1v) is 10.0. The van der Waals surface area contributed by atoms with E-state index in [4.69, 9.17) is 10.5 Å². The Morgan fingerprint density at radius 1 is 1.09 bits per heavy atom. The molecule has 2 amide bonds. The van der Waals surface area contributed by atoms with Crippen LogP contribution >= 0.6 is 0 Å². The lowest BCUT2D eigenvalue weighted by atomic mass is 10.0. The first-order valence-electron chi connectivity index (χ1n) is 10.0. The number of nitrogens with one attached hydrogen (secondary N) is 2. The maximum Gasteiger partial charge on any atom is 0.340 e. The molecule has 0 fully saturated rings. The lowest BCUT2D eigenvalue weighted by Crippen LogP contribution is -2.19. The van der Waals surface area contributed by atoms with E-state index in [0.717, 1.165) is 5.56 Å². The highest BCUT2D eigenvalue weighted by Gasteiger charge is 2.22. The molecule has 0 saturated carbocycles. The van der Waals surface area contributed by atoms with Gasteiger partial charge in [-0.25, -0.2) is 19.1 Å². The highest BCUT2D eigenvalue weighted by molar-refractivity contribution is 6.05. The van der Waals surface area contributed by atoms with Gasteiger partial charge in [-0.1, -0.05) is 24.3 Å². The maximum absolute atomic E-state index is 12.5. The number of amides is 2. The molecule has 0 aliphatic rings. The summed E-state index contributed by atoms with van der Waals surface area (Å²) in [4.78, 5) is 28.9. The van der Waals surface area contributed by atoms with Crippen LogP contribution in [-0.4, -0.2) is 33.2 Å². The fourth-order valence-electron chi connectivity index (χ4n) is 3.43. The number of benzene rings is 2. The molecule has 0 radical (unpaired) electrons. The Balaban J connectivity index is 1.62. The molecule has 2 aromatic carbocycles. The van der Waals surface area contributed by atoms with Crippen molar-refractivity contribution in [3.63, 3.8) is 0 Å². The van der Waals surface area contributed by atoms with Crippen LogP contribution in [0.3, 0.4) is 0 Å². The second kappa shape index (κ2) is 8.76. The Bertz CT molecular complexity index is 1300. The summed E-state index contributed by atoms with van der Waals surface area (Å²) in [6.45, 7) is 3.93. The molecule has 0 aliphatic carbocycles. The van der Waals surface area contributed by atoms with E-state index < -0.39 is 5.97 Å². The van der Waals surface area contributed by atoms with Crippen molar-refractivity contribution < 1.29 is 14.3 Å². The third-order valence-electron chi connectivity index (χ3n) is 4.80. The number of carbonyl (C=O) groups is 2. The van der Waals surface area contributed by atoms with E-state index in [1.54, 1.807) is 37.4 Å². The van der Waals surface area contributed by atoms with Crippen LogP contribution in [0.25, 0.3) is 16.6 Å². The number of esters is 1. The van der Waals surface area contributed by atoms with Crippen LogP contribution < -0.4 is 16.4 Å². The van der Waals surface area contributed by atoms with Crippen LogP contribution in [0.1, 0.15) is 22.8 Å². The number of ether oxygens (including phenoxy) is 1. The third-order valence-corrected chi connectivity index (χ3v) is 4.80. The number of aryl methyl sites for hydroxylation is 1. The lowest BCUT2D eigenvalue weighted by molar-refractivity contribution is 0.0527.